The molecule has 3 N–H and O–H groups in total. The van der Waals surface area contributed by atoms with E-state index in [1.165, 1.54) is 11.2 Å². The minimum atomic E-state index is -0.635. The number of nitriles is 1. The van der Waals surface area contributed by atoms with E-state index in [1.807, 2.05) is 26.8 Å². The predicted molar refractivity (Wildman–Crippen MR) is 95.7 cm³/mol. The minimum Gasteiger partial charge on any atom is -0.443 e. The predicted octanol–water partition coefficient (Wildman–Crippen LogP) is 3.07. The molecule has 0 heterocycles. The summed E-state index contributed by atoms with van der Waals surface area (Å²) in [4.78, 5) is 16.3. The number of hydrazine groups is 1. The molecule has 7 nitrogen and oxygen atoms in total. The van der Waals surface area contributed by atoms with E-state index in [0.717, 1.165) is 0 Å². The van der Waals surface area contributed by atoms with Crippen molar-refractivity contribution in [3.63, 3.8) is 0 Å². The number of carbonyl (C=O) groups excluding carboxylic acids is 1. The van der Waals surface area contributed by atoms with Gasteiger partial charge in [0.25, 0.3) is 0 Å². The first-order valence-corrected chi connectivity index (χ1v) is 7.63. The minimum absolute atomic E-state index is 0.0103. The van der Waals surface area contributed by atoms with Crippen LogP contribution < -0.4 is 11.2 Å². The molecule has 1 amide bonds. The number of amides is 1. The van der Waals surface area contributed by atoms with Crippen molar-refractivity contribution in [3.05, 3.63) is 24.0 Å². The molecular formula is C17H29N5O2. The fraction of sp³-hybridized carbons (Fsp3) is 0.588. The Morgan fingerprint density at radius 3 is 2.29 bits per heavy atom. The Labute approximate surface area is 144 Å². The summed E-state index contributed by atoms with van der Waals surface area (Å²) in [6, 6.07) is 1.86. The van der Waals surface area contributed by atoms with Crippen molar-refractivity contribution in [2.24, 2.45) is 16.1 Å². The van der Waals surface area contributed by atoms with Crippen LogP contribution in [0.15, 0.2) is 29.0 Å². The number of hydrogen-bond donors (Lipinski definition) is 2. The number of nitrogens with one attached hydrogen (secondary N) is 1. The third-order valence-electron chi connectivity index (χ3n) is 2.49. The third kappa shape index (κ3) is 8.83. The summed E-state index contributed by atoms with van der Waals surface area (Å²) in [5.41, 5.74) is 8.06. The van der Waals surface area contributed by atoms with Crippen LogP contribution in [0, 0.1) is 16.7 Å². The number of carbonyl (C=O) groups is 1. The lowest BCUT2D eigenvalue weighted by atomic mass is 9.96. The summed E-state index contributed by atoms with van der Waals surface area (Å²) in [5, 5.41) is 10.5. The van der Waals surface area contributed by atoms with E-state index in [1.54, 1.807) is 27.7 Å². The Kier molecular flexibility index (Phi) is 7.52. The molecule has 0 spiro atoms. The van der Waals surface area contributed by atoms with Gasteiger partial charge in [0.15, 0.2) is 5.84 Å². The lowest BCUT2D eigenvalue weighted by molar-refractivity contribution is 0.0390. The van der Waals surface area contributed by atoms with Crippen LogP contribution in [-0.4, -0.2) is 29.1 Å². The molecule has 0 aromatic heterocycles. The molecule has 24 heavy (non-hydrogen) atoms. The molecule has 0 saturated heterocycles. The lowest BCUT2D eigenvalue weighted by Crippen LogP contribution is -2.51. The van der Waals surface area contributed by atoms with Crippen molar-refractivity contribution >= 4 is 11.9 Å². The van der Waals surface area contributed by atoms with E-state index >= 15 is 0 Å². The van der Waals surface area contributed by atoms with Crippen molar-refractivity contribution in [1.82, 2.24) is 10.4 Å². The van der Waals surface area contributed by atoms with Gasteiger partial charge in [-0.25, -0.2) is 15.2 Å². The average molecular weight is 335 g/mol. The van der Waals surface area contributed by atoms with Gasteiger partial charge in [0, 0.05) is 18.3 Å². The molecule has 0 aromatic carbocycles. The monoisotopic (exact) mass is 335 g/mol. The SMILES string of the molecule is C=C(C#N)N=C(/C(C)=C\N)N(CC(C)(C)C)NC(=O)OC(C)(C)C. The number of ether oxygens (including phenoxy) is 1. The maximum absolute atomic E-state index is 12.2. The van der Waals surface area contributed by atoms with Crippen LogP contribution in [0.25, 0.3) is 0 Å². The average Bonchev–Trinajstić information content (AvgIpc) is 2.39. The number of hydrogen-bond acceptors (Lipinski definition) is 5. The van der Waals surface area contributed by atoms with E-state index in [2.05, 4.69) is 17.0 Å². The molecule has 134 valence electrons. The Morgan fingerprint density at radius 1 is 1.38 bits per heavy atom. The largest absolute Gasteiger partial charge is 0.443 e. The van der Waals surface area contributed by atoms with Gasteiger partial charge < -0.3 is 10.5 Å². The Hall–Kier alpha value is -2.49. The molecule has 0 aliphatic rings. The summed E-state index contributed by atoms with van der Waals surface area (Å²) >= 11 is 0. The van der Waals surface area contributed by atoms with Gasteiger partial charge in [-0.15, -0.1) is 0 Å². The van der Waals surface area contributed by atoms with E-state index in [9.17, 15) is 4.79 Å². The smallest absolute Gasteiger partial charge is 0.426 e. The lowest BCUT2D eigenvalue weighted by Gasteiger charge is -2.33. The first-order chi connectivity index (χ1) is 10.8. The van der Waals surface area contributed by atoms with Gasteiger partial charge in [0.05, 0.1) is 0 Å². The molecule has 0 radical (unpaired) electrons. The molecule has 0 fully saturated rings. The van der Waals surface area contributed by atoms with E-state index < -0.39 is 11.7 Å². The zero-order chi connectivity index (χ0) is 19.1. The Balaban J connectivity index is 5.72. The zero-order valence-corrected chi connectivity index (χ0v) is 15.7. The number of nitrogens with zero attached hydrogens (tertiary/aromatic N) is 3. The molecule has 0 unspecified atom stereocenters. The summed E-state index contributed by atoms with van der Waals surface area (Å²) in [7, 11) is 0. The van der Waals surface area contributed by atoms with Crippen LogP contribution in [0.1, 0.15) is 48.5 Å². The third-order valence-corrected chi connectivity index (χ3v) is 2.49. The highest BCUT2D eigenvalue weighted by Crippen LogP contribution is 2.17. The standard InChI is InChI=1S/C17H29N5O2/c1-12(9-18)14(20-13(2)10-19)22(11-16(3,4)5)21-15(23)24-17(6,7)8/h9H,2,11,18H2,1,3-8H3,(H,21,23)/b12-9-,20-14?. The quantitative estimate of drug-likeness (QED) is 0.357. The highest BCUT2D eigenvalue weighted by atomic mass is 16.6. The van der Waals surface area contributed by atoms with E-state index in [4.69, 9.17) is 15.7 Å². The normalized spacial score (nSPS) is 13.1. The number of allylic oxidation sites excluding steroid dienone is 1. The van der Waals surface area contributed by atoms with Crippen LogP contribution in [0.3, 0.4) is 0 Å². The van der Waals surface area contributed by atoms with Crippen molar-refractivity contribution in [1.29, 1.82) is 5.26 Å². The molecule has 0 saturated carbocycles. The van der Waals surface area contributed by atoms with Gasteiger partial charge in [-0.05, 0) is 33.1 Å². The van der Waals surface area contributed by atoms with Gasteiger partial charge in [-0.3, -0.25) is 5.01 Å². The van der Waals surface area contributed by atoms with Gasteiger partial charge >= 0.3 is 6.09 Å². The molecule has 0 bridgehead atoms. The van der Waals surface area contributed by atoms with Crippen LogP contribution in [0.2, 0.25) is 0 Å². The van der Waals surface area contributed by atoms with Gasteiger partial charge in [-0.2, -0.15) is 5.26 Å². The van der Waals surface area contributed by atoms with Crippen LogP contribution in [0.4, 0.5) is 4.79 Å². The summed E-state index contributed by atoms with van der Waals surface area (Å²) in [5.74, 6) is 0.338. The second-order valence-corrected chi connectivity index (χ2v) is 7.60. The zero-order valence-electron chi connectivity index (χ0n) is 15.7. The van der Waals surface area contributed by atoms with E-state index in [-0.39, 0.29) is 11.1 Å². The van der Waals surface area contributed by atoms with Crippen LogP contribution in [-0.2, 0) is 4.74 Å². The molecule has 0 rings (SSSR count). The van der Waals surface area contributed by atoms with Crippen LogP contribution in [0.5, 0.6) is 0 Å². The van der Waals surface area contributed by atoms with E-state index in [0.29, 0.717) is 18.0 Å². The topological polar surface area (TPSA) is 104 Å². The van der Waals surface area contributed by atoms with Crippen molar-refractivity contribution in [2.75, 3.05) is 6.54 Å². The Morgan fingerprint density at radius 2 is 1.92 bits per heavy atom. The second kappa shape index (κ2) is 8.39. The number of aliphatic imine (C=N–C) groups is 1. The Bertz CT molecular complexity index is 571. The van der Waals surface area contributed by atoms with Crippen LogP contribution >= 0.6 is 0 Å². The van der Waals surface area contributed by atoms with Crippen molar-refractivity contribution < 1.29 is 9.53 Å². The number of rotatable bonds is 3. The maximum atomic E-state index is 12.2. The van der Waals surface area contributed by atoms with Gasteiger partial charge in [-0.1, -0.05) is 27.4 Å². The number of amidine groups is 1. The first kappa shape index (κ1) is 21.5. The highest BCUT2D eigenvalue weighted by Gasteiger charge is 2.25. The fourth-order valence-electron chi connectivity index (χ4n) is 1.64. The fourth-order valence-corrected chi connectivity index (χ4v) is 1.64. The molecule has 0 aliphatic carbocycles. The van der Waals surface area contributed by atoms with Crippen molar-refractivity contribution in [2.45, 2.75) is 54.1 Å². The summed E-state index contributed by atoms with van der Waals surface area (Å²) < 4.78 is 5.29. The summed E-state index contributed by atoms with van der Waals surface area (Å²) in [6.07, 6.45) is 0.738. The van der Waals surface area contributed by atoms with Crippen molar-refractivity contribution in [3.8, 4) is 6.07 Å². The maximum Gasteiger partial charge on any atom is 0.426 e. The number of nitrogens with two attached hydrogens (primary N) is 1. The molecule has 0 aliphatic heterocycles. The second-order valence-electron chi connectivity index (χ2n) is 7.60. The highest BCUT2D eigenvalue weighted by molar-refractivity contribution is 5.99. The molecule has 0 aromatic rings. The van der Waals surface area contributed by atoms with Gasteiger partial charge in [0.1, 0.15) is 17.4 Å². The molecule has 7 heteroatoms. The molecular weight excluding hydrogens is 306 g/mol. The molecule has 0 atom stereocenters. The van der Waals surface area contributed by atoms with Gasteiger partial charge in [0.2, 0.25) is 0 Å². The summed E-state index contributed by atoms with van der Waals surface area (Å²) in [6.45, 7) is 17.1. The first-order valence-electron chi connectivity index (χ1n) is 7.63.